The standard InChI is InChI=1S/C13H23NO2S/c1-13(2,3)17-12(16)14-10-8-6-4-5-7-9-11(10)15/h6,8,10-11,15H,4-5,7,9H2,1-3H3,(H,14,16)/b8-6+/t10?,11-/m1/s1. The number of nitrogens with one attached hydrogen (secondary N) is 1. The maximum atomic E-state index is 11.8. The molecule has 1 rings (SSSR count). The van der Waals surface area contributed by atoms with Crippen LogP contribution in [0.4, 0.5) is 4.79 Å². The zero-order valence-corrected chi connectivity index (χ0v) is 11.7. The monoisotopic (exact) mass is 257 g/mol. The molecule has 1 aliphatic carbocycles. The summed E-state index contributed by atoms with van der Waals surface area (Å²) in [6, 6.07) is -0.238. The Bertz CT molecular complexity index is 284. The van der Waals surface area contributed by atoms with Gasteiger partial charge in [0, 0.05) is 4.75 Å². The molecular weight excluding hydrogens is 234 g/mol. The van der Waals surface area contributed by atoms with Gasteiger partial charge in [0.1, 0.15) is 0 Å². The predicted molar refractivity (Wildman–Crippen MR) is 73.3 cm³/mol. The highest BCUT2D eigenvalue weighted by atomic mass is 32.2. The lowest BCUT2D eigenvalue weighted by Crippen LogP contribution is -2.41. The van der Waals surface area contributed by atoms with Crippen molar-refractivity contribution in [1.82, 2.24) is 5.32 Å². The highest BCUT2D eigenvalue weighted by Gasteiger charge is 2.22. The van der Waals surface area contributed by atoms with E-state index >= 15 is 0 Å². The molecule has 0 bridgehead atoms. The molecule has 0 aromatic heterocycles. The lowest BCUT2D eigenvalue weighted by molar-refractivity contribution is 0.135. The zero-order valence-electron chi connectivity index (χ0n) is 10.9. The van der Waals surface area contributed by atoms with Gasteiger partial charge in [0.2, 0.25) is 0 Å². The Kier molecular flexibility index (Phi) is 5.53. The molecule has 1 unspecified atom stereocenters. The molecule has 0 spiro atoms. The minimum Gasteiger partial charge on any atom is -0.391 e. The SMILES string of the molecule is CC(C)(C)SC(=O)NC1/C=C/CCCC[C@H]1O. The van der Waals surface area contributed by atoms with Crippen molar-refractivity contribution < 1.29 is 9.90 Å². The summed E-state index contributed by atoms with van der Waals surface area (Å²) < 4.78 is -0.0969. The van der Waals surface area contributed by atoms with Gasteiger partial charge in [-0.25, -0.2) is 0 Å². The summed E-state index contributed by atoms with van der Waals surface area (Å²) >= 11 is 1.27. The second-order valence-corrected chi connectivity index (χ2v) is 7.25. The maximum absolute atomic E-state index is 11.8. The fraction of sp³-hybridized carbons (Fsp3) is 0.769. The van der Waals surface area contributed by atoms with Crippen molar-refractivity contribution in [1.29, 1.82) is 0 Å². The van der Waals surface area contributed by atoms with Crippen molar-refractivity contribution in [2.75, 3.05) is 0 Å². The van der Waals surface area contributed by atoms with Crippen LogP contribution < -0.4 is 5.32 Å². The highest BCUT2D eigenvalue weighted by molar-refractivity contribution is 8.14. The van der Waals surface area contributed by atoms with Gasteiger partial charge in [-0.1, -0.05) is 51.1 Å². The molecule has 98 valence electrons. The third kappa shape index (κ3) is 6.13. The Morgan fingerprint density at radius 3 is 2.76 bits per heavy atom. The highest BCUT2D eigenvalue weighted by Crippen LogP contribution is 2.24. The van der Waals surface area contributed by atoms with Crippen LogP contribution in [0.25, 0.3) is 0 Å². The lowest BCUT2D eigenvalue weighted by atomic mass is 10.00. The first-order chi connectivity index (χ1) is 7.88. The average Bonchev–Trinajstić information content (AvgIpc) is 2.15. The molecule has 0 saturated heterocycles. The van der Waals surface area contributed by atoms with Gasteiger partial charge in [-0.05, 0) is 19.3 Å². The predicted octanol–water partition coefficient (Wildman–Crippen LogP) is 3.09. The molecule has 0 fully saturated rings. The number of carbonyl (C=O) groups excluding carboxylic acids is 1. The summed E-state index contributed by atoms with van der Waals surface area (Å²) in [7, 11) is 0. The number of carbonyl (C=O) groups is 1. The van der Waals surface area contributed by atoms with Gasteiger partial charge in [-0.15, -0.1) is 0 Å². The molecule has 0 aliphatic heterocycles. The second kappa shape index (κ2) is 6.45. The van der Waals surface area contributed by atoms with E-state index in [9.17, 15) is 9.90 Å². The molecule has 17 heavy (non-hydrogen) atoms. The third-order valence-corrected chi connectivity index (χ3v) is 3.48. The summed E-state index contributed by atoms with van der Waals surface area (Å²) in [4.78, 5) is 11.8. The van der Waals surface area contributed by atoms with E-state index in [1.807, 2.05) is 26.8 Å². The van der Waals surface area contributed by atoms with E-state index in [1.54, 1.807) is 0 Å². The number of amides is 1. The second-order valence-electron chi connectivity index (χ2n) is 5.45. The van der Waals surface area contributed by atoms with Crippen LogP contribution in [-0.4, -0.2) is 27.2 Å². The fourth-order valence-corrected chi connectivity index (χ4v) is 2.51. The Labute approximate surface area is 108 Å². The Morgan fingerprint density at radius 1 is 1.41 bits per heavy atom. The number of rotatable bonds is 1. The molecule has 0 saturated carbocycles. The van der Waals surface area contributed by atoms with Crippen LogP contribution in [0.3, 0.4) is 0 Å². The van der Waals surface area contributed by atoms with Crippen molar-refractivity contribution in [3.63, 3.8) is 0 Å². The van der Waals surface area contributed by atoms with E-state index in [-0.39, 0.29) is 16.0 Å². The van der Waals surface area contributed by atoms with Gasteiger partial charge in [0.25, 0.3) is 5.24 Å². The first-order valence-electron chi connectivity index (χ1n) is 6.23. The van der Waals surface area contributed by atoms with Crippen molar-refractivity contribution in [2.45, 2.75) is 63.3 Å². The molecule has 1 aliphatic rings. The number of aliphatic hydroxyl groups excluding tert-OH is 1. The largest absolute Gasteiger partial charge is 0.391 e. The number of hydrogen-bond donors (Lipinski definition) is 2. The summed E-state index contributed by atoms with van der Waals surface area (Å²) in [6.45, 7) is 6.00. The van der Waals surface area contributed by atoms with Crippen molar-refractivity contribution >= 4 is 17.0 Å². The zero-order chi connectivity index (χ0) is 12.9. The van der Waals surface area contributed by atoms with Crippen LogP contribution in [0.2, 0.25) is 0 Å². The first-order valence-corrected chi connectivity index (χ1v) is 7.04. The van der Waals surface area contributed by atoms with Crippen molar-refractivity contribution in [2.24, 2.45) is 0 Å². The number of allylic oxidation sites excluding steroid dienone is 1. The van der Waals surface area contributed by atoms with Crippen molar-refractivity contribution in [3.05, 3.63) is 12.2 Å². The Balaban J connectivity index is 2.52. The van der Waals surface area contributed by atoms with Gasteiger partial charge >= 0.3 is 0 Å². The summed E-state index contributed by atoms with van der Waals surface area (Å²) in [5, 5.41) is 12.8. The van der Waals surface area contributed by atoms with E-state index in [4.69, 9.17) is 0 Å². The summed E-state index contributed by atoms with van der Waals surface area (Å²) in [5.41, 5.74) is 0. The fourth-order valence-electron chi connectivity index (χ4n) is 1.75. The van der Waals surface area contributed by atoms with E-state index < -0.39 is 6.10 Å². The molecule has 3 nitrogen and oxygen atoms in total. The van der Waals surface area contributed by atoms with Crippen LogP contribution in [0.5, 0.6) is 0 Å². The topological polar surface area (TPSA) is 49.3 Å². The molecule has 0 heterocycles. The maximum Gasteiger partial charge on any atom is 0.280 e. The minimum absolute atomic E-state index is 0.0632. The van der Waals surface area contributed by atoms with E-state index in [1.165, 1.54) is 11.8 Å². The van der Waals surface area contributed by atoms with Gasteiger partial charge in [-0.3, -0.25) is 4.79 Å². The van der Waals surface area contributed by atoms with Crippen LogP contribution >= 0.6 is 11.8 Å². The van der Waals surface area contributed by atoms with E-state index in [2.05, 4.69) is 11.4 Å². The van der Waals surface area contributed by atoms with Crippen LogP contribution in [0.15, 0.2) is 12.2 Å². The molecular formula is C13H23NO2S. The van der Waals surface area contributed by atoms with Crippen LogP contribution in [0.1, 0.15) is 46.5 Å². The third-order valence-electron chi connectivity index (χ3n) is 2.56. The quantitative estimate of drug-likeness (QED) is 0.710. The molecule has 2 N–H and O–H groups in total. The number of hydrogen-bond acceptors (Lipinski definition) is 3. The molecule has 2 atom stereocenters. The number of thioether (sulfide) groups is 1. The minimum atomic E-state index is -0.462. The van der Waals surface area contributed by atoms with Gasteiger partial charge < -0.3 is 10.4 Å². The van der Waals surface area contributed by atoms with Crippen molar-refractivity contribution in [3.8, 4) is 0 Å². The molecule has 1 amide bonds. The van der Waals surface area contributed by atoms with E-state index in [0.29, 0.717) is 0 Å². The Morgan fingerprint density at radius 2 is 2.12 bits per heavy atom. The van der Waals surface area contributed by atoms with E-state index in [0.717, 1.165) is 25.7 Å². The smallest absolute Gasteiger partial charge is 0.280 e. The normalized spacial score (nSPS) is 28.0. The first kappa shape index (κ1) is 14.6. The van der Waals surface area contributed by atoms with Crippen LogP contribution in [0, 0.1) is 0 Å². The number of aliphatic hydroxyl groups is 1. The average molecular weight is 257 g/mol. The molecule has 0 aromatic rings. The summed E-state index contributed by atoms with van der Waals surface area (Å²) in [6.07, 6.45) is 7.44. The van der Waals surface area contributed by atoms with Crippen LogP contribution in [-0.2, 0) is 0 Å². The summed E-state index contributed by atoms with van der Waals surface area (Å²) in [5.74, 6) is 0. The van der Waals surface area contributed by atoms with Gasteiger partial charge in [0.05, 0.1) is 12.1 Å². The van der Waals surface area contributed by atoms with Gasteiger partial charge in [0.15, 0.2) is 0 Å². The Hall–Kier alpha value is -0.480. The molecule has 0 aromatic carbocycles. The van der Waals surface area contributed by atoms with Gasteiger partial charge in [-0.2, -0.15) is 0 Å². The molecule has 4 heteroatoms. The lowest BCUT2D eigenvalue weighted by Gasteiger charge is -2.24. The molecule has 0 radical (unpaired) electrons.